The minimum Gasteiger partial charge on any atom is -0.480 e. The first kappa shape index (κ1) is 20.7. The molecule has 0 bridgehead atoms. The molecule has 10 heteroatoms. The molecule has 0 spiro atoms. The molecule has 160 valence electrons. The van der Waals surface area contributed by atoms with Gasteiger partial charge >= 0.3 is 6.18 Å². The van der Waals surface area contributed by atoms with Crippen LogP contribution in [0.2, 0.25) is 0 Å². The van der Waals surface area contributed by atoms with Crippen LogP contribution in [-0.2, 0) is 27.4 Å². The highest BCUT2D eigenvalue weighted by Crippen LogP contribution is 2.32. The average Bonchev–Trinajstić information content (AvgIpc) is 3.17. The third kappa shape index (κ3) is 3.89. The molecule has 30 heavy (non-hydrogen) atoms. The number of hydrogen-bond donors (Lipinski definition) is 0. The summed E-state index contributed by atoms with van der Waals surface area (Å²) in [4.78, 5) is 13.9. The number of carbonyl (C=O) groups excluding carboxylic acids is 1. The van der Waals surface area contributed by atoms with Crippen LogP contribution < -0.4 is 4.74 Å². The van der Waals surface area contributed by atoms with Crippen LogP contribution in [-0.4, -0.2) is 55.8 Å². The summed E-state index contributed by atoms with van der Waals surface area (Å²) in [5.41, 5.74) is -0.0723. The van der Waals surface area contributed by atoms with Crippen molar-refractivity contribution in [1.82, 2.24) is 9.21 Å². The number of ether oxygens (including phenoxy) is 1. The van der Waals surface area contributed by atoms with Crippen molar-refractivity contribution < 1.29 is 31.1 Å². The summed E-state index contributed by atoms with van der Waals surface area (Å²) >= 11 is 0. The maximum atomic E-state index is 12.9. The lowest BCUT2D eigenvalue weighted by Gasteiger charge is -2.35. The van der Waals surface area contributed by atoms with Crippen LogP contribution in [0, 0.1) is 0 Å². The summed E-state index contributed by atoms with van der Waals surface area (Å²) in [5, 5.41) is 0. The zero-order valence-corrected chi connectivity index (χ0v) is 16.6. The predicted molar refractivity (Wildman–Crippen MR) is 101 cm³/mol. The number of halogens is 3. The molecule has 2 aliphatic heterocycles. The lowest BCUT2D eigenvalue weighted by molar-refractivity contribution is -0.139. The Morgan fingerprint density at radius 2 is 1.70 bits per heavy atom. The van der Waals surface area contributed by atoms with E-state index in [2.05, 4.69) is 0 Å². The van der Waals surface area contributed by atoms with E-state index in [0.717, 1.165) is 28.1 Å². The molecule has 2 aromatic carbocycles. The van der Waals surface area contributed by atoms with Gasteiger partial charge in [0.25, 0.3) is 5.91 Å². The molecule has 0 N–H and O–H groups in total. The summed E-state index contributed by atoms with van der Waals surface area (Å²) < 4.78 is 71.1. The van der Waals surface area contributed by atoms with Gasteiger partial charge in [-0.1, -0.05) is 24.3 Å². The lowest BCUT2D eigenvalue weighted by Crippen LogP contribution is -2.53. The first-order valence-electron chi connectivity index (χ1n) is 9.37. The second-order valence-corrected chi connectivity index (χ2v) is 9.11. The van der Waals surface area contributed by atoms with Crippen molar-refractivity contribution in [2.45, 2.75) is 23.6 Å². The van der Waals surface area contributed by atoms with Gasteiger partial charge in [-0.3, -0.25) is 4.79 Å². The SMILES string of the molecule is O=C(C1Cc2ccccc2O1)N1CCN(S(=O)(=O)c2cccc(C(F)(F)F)c2)CC1. The molecular weight excluding hydrogens is 421 g/mol. The maximum absolute atomic E-state index is 12.9. The molecule has 0 aromatic heterocycles. The van der Waals surface area contributed by atoms with E-state index in [0.29, 0.717) is 18.2 Å². The van der Waals surface area contributed by atoms with E-state index in [1.165, 1.54) is 4.90 Å². The Kier molecular flexibility index (Phi) is 5.23. The summed E-state index contributed by atoms with van der Waals surface area (Å²) in [6.07, 6.45) is -4.82. The zero-order valence-electron chi connectivity index (χ0n) is 15.8. The van der Waals surface area contributed by atoms with Crippen LogP contribution in [0.3, 0.4) is 0 Å². The van der Waals surface area contributed by atoms with Gasteiger partial charge in [-0.15, -0.1) is 0 Å². The molecule has 6 nitrogen and oxygen atoms in total. The molecule has 0 radical (unpaired) electrons. The normalized spacial score (nSPS) is 20.0. The number of nitrogens with zero attached hydrogens (tertiary/aromatic N) is 2. The molecule has 0 aliphatic carbocycles. The molecule has 1 atom stereocenters. The van der Waals surface area contributed by atoms with Crippen LogP contribution in [0.4, 0.5) is 13.2 Å². The highest BCUT2D eigenvalue weighted by Gasteiger charge is 2.37. The average molecular weight is 440 g/mol. The molecule has 1 unspecified atom stereocenters. The van der Waals surface area contributed by atoms with E-state index in [1.54, 1.807) is 6.07 Å². The van der Waals surface area contributed by atoms with E-state index in [9.17, 15) is 26.4 Å². The number of amides is 1. The van der Waals surface area contributed by atoms with Crippen molar-refractivity contribution in [3.63, 3.8) is 0 Å². The molecule has 2 aromatic rings. The van der Waals surface area contributed by atoms with Crippen LogP contribution in [0.25, 0.3) is 0 Å². The molecule has 4 rings (SSSR count). The number of rotatable bonds is 3. The van der Waals surface area contributed by atoms with Crippen LogP contribution in [0.5, 0.6) is 5.75 Å². The van der Waals surface area contributed by atoms with E-state index < -0.39 is 32.8 Å². The Bertz CT molecular complexity index is 1040. The minimum atomic E-state index is -4.63. The van der Waals surface area contributed by atoms with Crippen LogP contribution in [0.15, 0.2) is 53.4 Å². The number of alkyl halides is 3. The Hall–Kier alpha value is -2.59. The summed E-state index contributed by atoms with van der Waals surface area (Å²) in [5.74, 6) is 0.448. The van der Waals surface area contributed by atoms with Gasteiger partial charge in [-0.25, -0.2) is 8.42 Å². The van der Waals surface area contributed by atoms with Gasteiger partial charge in [0.05, 0.1) is 10.5 Å². The zero-order chi connectivity index (χ0) is 21.5. The van der Waals surface area contributed by atoms with Crippen molar-refractivity contribution in [1.29, 1.82) is 0 Å². The standard InChI is InChI=1S/C20H19F3N2O4S/c21-20(22,23)15-5-3-6-16(13-15)30(27,28)25-10-8-24(9-11-25)19(26)18-12-14-4-1-2-7-17(14)29-18/h1-7,13,18H,8-12H2. The van der Waals surface area contributed by atoms with Gasteiger partial charge < -0.3 is 9.64 Å². The highest BCUT2D eigenvalue weighted by atomic mass is 32.2. The van der Waals surface area contributed by atoms with Gasteiger partial charge in [0.15, 0.2) is 6.10 Å². The number of para-hydroxylation sites is 1. The quantitative estimate of drug-likeness (QED) is 0.736. The summed E-state index contributed by atoms with van der Waals surface area (Å²) in [6, 6.07) is 11.1. The molecule has 1 amide bonds. The fraction of sp³-hybridized carbons (Fsp3) is 0.350. The molecular formula is C20H19F3N2O4S. The lowest BCUT2D eigenvalue weighted by atomic mass is 10.1. The number of benzene rings is 2. The largest absolute Gasteiger partial charge is 0.480 e. The Balaban J connectivity index is 1.41. The maximum Gasteiger partial charge on any atom is 0.416 e. The fourth-order valence-electron chi connectivity index (χ4n) is 3.65. The predicted octanol–water partition coefficient (Wildman–Crippen LogP) is 2.54. The Labute approximate surface area is 171 Å². The van der Waals surface area contributed by atoms with E-state index >= 15 is 0 Å². The van der Waals surface area contributed by atoms with Gasteiger partial charge in [0.2, 0.25) is 10.0 Å². The highest BCUT2D eigenvalue weighted by molar-refractivity contribution is 7.89. The molecule has 0 saturated carbocycles. The van der Waals surface area contributed by atoms with Gasteiger partial charge in [0.1, 0.15) is 5.75 Å². The van der Waals surface area contributed by atoms with Gasteiger partial charge in [-0.2, -0.15) is 17.5 Å². The van der Waals surface area contributed by atoms with Gasteiger partial charge in [-0.05, 0) is 29.8 Å². The first-order chi connectivity index (χ1) is 14.2. The third-order valence-electron chi connectivity index (χ3n) is 5.27. The smallest absolute Gasteiger partial charge is 0.416 e. The minimum absolute atomic E-state index is 0.00396. The number of carbonyl (C=O) groups is 1. The van der Waals surface area contributed by atoms with Crippen molar-refractivity contribution in [2.75, 3.05) is 26.2 Å². The third-order valence-corrected chi connectivity index (χ3v) is 7.17. The Morgan fingerprint density at radius 3 is 2.37 bits per heavy atom. The van der Waals surface area contributed by atoms with Crippen molar-refractivity contribution in [3.8, 4) is 5.75 Å². The first-order valence-corrected chi connectivity index (χ1v) is 10.8. The topological polar surface area (TPSA) is 66.9 Å². The molecule has 1 fully saturated rings. The van der Waals surface area contributed by atoms with Crippen LogP contribution in [0.1, 0.15) is 11.1 Å². The van der Waals surface area contributed by atoms with Crippen molar-refractivity contribution in [2.24, 2.45) is 0 Å². The fourth-order valence-corrected chi connectivity index (χ4v) is 5.12. The monoisotopic (exact) mass is 440 g/mol. The second kappa shape index (κ2) is 7.59. The number of piperazine rings is 1. The summed E-state index contributed by atoms with van der Waals surface area (Å²) in [6.45, 7) is 0.300. The molecule has 2 aliphatic rings. The Morgan fingerprint density at radius 1 is 1.00 bits per heavy atom. The number of hydrogen-bond acceptors (Lipinski definition) is 4. The van der Waals surface area contributed by atoms with E-state index in [1.807, 2.05) is 18.2 Å². The number of sulfonamides is 1. The molecule has 2 heterocycles. The van der Waals surface area contributed by atoms with Crippen molar-refractivity contribution in [3.05, 3.63) is 59.7 Å². The number of fused-ring (bicyclic) bond motifs is 1. The van der Waals surface area contributed by atoms with E-state index in [4.69, 9.17) is 4.74 Å². The van der Waals surface area contributed by atoms with Crippen molar-refractivity contribution >= 4 is 15.9 Å². The second-order valence-electron chi connectivity index (χ2n) is 7.17. The molecule has 1 saturated heterocycles. The van der Waals surface area contributed by atoms with Crippen LogP contribution >= 0.6 is 0 Å². The summed E-state index contributed by atoms with van der Waals surface area (Å²) in [7, 11) is -4.09. The van der Waals surface area contributed by atoms with E-state index in [-0.39, 0.29) is 32.1 Å². The van der Waals surface area contributed by atoms with Gasteiger partial charge in [0, 0.05) is 32.6 Å².